The molecule has 110 valence electrons. The van der Waals surface area contributed by atoms with Gasteiger partial charge in [-0.1, -0.05) is 11.6 Å². The Morgan fingerprint density at radius 3 is 2.33 bits per heavy atom. The van der Waals surface area contributed by atoms with Gasteiger partial charge >= 0.3 is 5.97 Å². The molecule has 0 saturated carbocycles. The van der Waals surface area contributed by atoms with E-state index in [0.717, 1.165) is 6.26 Å². The zero-order chi connectivity index (χ0) is 15.6. The summed E-state index contributed by atoms with van der Waals surface area (Å²) in [6, 6.07) is 8.14. The van der Waals surface area contributed by atoms with Crippen molar-refractivity contribution in [3.63, 3.8) is 0 Å². The summed E-state index contributed by atoms with van der Waals surface area (Å²) in [5, 5.41) is 9.13. The summed E-state index contributed by atoms with van der Waals surface area (Å²) in [5.41, 5.74) is -0.147. The zero-order valence-corrected chi connectivity index (χ0v) is 12.4. The van der Waals surface area contributed by atoms with Crippen LogP contribution in [0.15, 0.2) is 41.3 Å². The smallest absolute Gasteiger partial charge is 0.341 e. The lowest BCUT2D eigenvalue weighted by molar-refractivity contribution is 0.0693. The number of carboxylic acids is 1. The molecular formula is C13H10ClNO5S. The van der Waals surface area contributed by atoms with Crippen LogP contribution in [0.2, 0.25) is 5.15 Å². The number of ether oxygens (including phenoxy) is 1. The van der Waals surface area contributed by atoms with Crippen LogP contribution < -0.4 is 4.74 Å². The molecule has 0 amide bonds. The van der Waals surface area contributed by atoms with E-state index in [2.05, 4.69) is 4.98 Å². The lowest BCUT2D eigenvalue weighted by Crippen LogP contribution is -2.02. The maximum Gasteiger partial charge on any atom is 0.341 e. The quantitative estimate of drug-likeness (QED) is 0.867. The van der Waals surface area contributed by atoms with Crippen LogP contribution in [0, 0.1) is 0 Å². The minimum Gasteiger partial charge on any atom is -0.477 e. The van der Waals surface area contributed by atoms with E-state index in [-0.39, 0.29) is 27.2 Å². The molecule has 21 heavy (non-hydrogen) atoms. The highest BCUT2D eigenvalue weighted by Crippen LogP contribution is 2.26. The predicted molar refractivity (Wildman–Crippen MR) is 75.8 cm³/mol. The van der Waals surface area contributed by atoms with Gasteiger partial charge in [-0.15, -0.1) is 0 Å². The molecular weight excluding hydrogens is 318 g/mol. The molecule has 2 aromatic rings. The van der Waals surface area contributed by atoms with Gasteiger partial charge < -0.3 is 9.84 Å². The largest absolute Gasteiger partial charge is 0.477 e. The lowest BCUT2D eigenvalue weighted by atomic mass is 10.3. The number of carbonyl (C=O) groups is 1. The van der Waals surface area contributed by atoms with Crippen molar-refractivity contribution in [1.29, 1.82) is 0 Å². The summed E-state index contributed by atoms with van der Waals surface area (Å²) in [7, 11) is -3.31. The molecule has 1 aromatic carbocycles. The highest BCUT2D eigenvalue weighted by atomic mass is 35.5. The number of aromatic carboxylic acids is 1. The Kier molecular flexibility index (Phi) is 4.15. The van der Waals surface area contributed by atoms with Gasteiger partial charge in [0, 0.05) is 6.26 Å². The highest BCUT2D eigenvalue weighted by molar-refractivity contribution is 7.90. The molecule has 0 aliphatic heterocycles. The first-order valence-electron chi connectivity index (χ1n) is 5.65. The SMILES string of the molecule is CS(=O)(=O)c1ccc(Oc2nc(Cl)ccc2C(=O)O)cc1. The molecule has 0 aliphatic rings. The first-order valence-corrected chi connectivity index (χ1v) is 7.92. The van der Waals surface area contributed by atoms with Crippen LogP contribution in [0.25, 0.3) is 0 Å². The van der Waals surface area contributed by atoms with Gasteiger partial charge in [-0.3, -0.25) is 0 Å². The number of hydrogen-bond acceptors (Lipinski definition) is 5. The molecule has 6 nitrogen and oxygen atoms in total. The number of aromatic nitrogens is 1. The zero-order valence-electron chi connectivity index (χ0n) is 10.8. The maximum atomic E-state index is 11.3. The van der Waals surface area contributed by atoms with Gasteiger partial charge in [-0.2, -0.15) is 0 Å². The van der Waals surface area contributed by atoms with Crippen LogP contribution in [-0.4, -0.2) is 30.7 Å². The molecule has 0 spiro atoms. The molecule has 0 fully saturated rings. The Morgan fingerprint density at radius 2 is 1.81 bits per heavy atom. The third-order valence-corrected chi connectivity index (χ3v) is 3.86. The van der Waals surface area contributed by atoms with E-state index in [4.69, 9.17) is 21.4 Å². The van der Waals surface area contributed by atoms with Crippen molar-refractivity contribution in [2.24, 2.45) is 0 Å². The van der Waals surface area contributed by atoms with Crippen molar-refractivity contribution < 1.29 is 23.1 Å². The van der Waals surface area contributed by atoms with E-state index in [0.29, 0.717) is 0 Å². The molecule has 0 aliphatic carbocycles. The molecule has 0 radical (unpaired) electrons. The van der Waals surface area contributed by atoms with Gasteiger partial charge in [0.2, 0.25) is 5.88 Å². The van der Waals surface area contributed by atoms with Gasteiger partial charge in [-0.05, 0) is 36.4 Å². The van der Waals surface area contributed by atoms with Crippen LogP contribution in [0.1, 0.15) is 10.4 Å². The molecule has 0 atom stereocenters. The second kappa shape index (κ2) is 5.71. The maximum absolute atomic E-state index is 11.3. The highest BCUT2D eigenvalue weighted by Gasteiger charge is 2.15. The first kappa shape index (κ1) is 15.3. The average molecular weight is 328 g/mol. The number of hydrogen-bond donors (Lipinski definition) is 1. The molecule has 8 heteroatoms. The van der Waals surface area contributed by atoms with Crippen molar-refractivity contribution in [2.75, 3.05) is 6.26 Å². The normalized spacial score (nSPS) is 11.1. The number of benzene rings is 1. The summed E-state index contributed by atoms with van der Waals surface area (Å²) in [5.74, 6) is -1.12. The topological polar surface area (TPSA) is 93.6 Å². The second-order valence-corrected chi connectivity index (χ2v) is 6.54. The fourth-order valence-electron chi connectivity index (χ4n) is 1.52. The first-order chi connectivity index (χ1) is 9.77. The van der Waals surface area contributed by atoms with E-state index in [1.807, 2.05) is 0 Å². The van der Waals surface area contributed by atoms with Crippen LogP contribution in [0.4, 0.5) is 0 Å². The van der Waals surface area contributed by atoms with Crippen LogP contribution >= 0.6 is 11.6 Å². The number of carboxylic acid groups (broad SMARTS) is 1. The lowest BCUT2D eigenvalue weighted by Gasteiger charge is -2.08. The van der Waals surface area contributed by atoms with E-state index in [1.165, 1.54) is 36.4 Å². The summed E-state index contributed by atoms with van der Waals surface area (Å²) >= 11 is 5.71. The molecule has 0 saturated heterocycles. The van der Waals surface area contributed by atoms with Gasteiger partial charge in [0.15, 0.2) is 9.84 Å². The Hall–Kier alpha value is -2.12. The Bertz CT molecular complexity index is 787. The van der Waals surface area contributed by atoms with Crippen molar-refractivity contribution in [1.82, 2.24) is 4.98 Å². The Balaban J connectivity index is 2.34. The summed E-state index contributed by atoms with van der Waals surface area (Å²) in [6.45, 7) is 0. The number of halogens is 1. The van der Waals surface area contributed by atoms with Crippen molar-refractivity contribution in [2.45, 2.75) is 4.90 Å². The second-order valence-electron chi connectivity index (χ2n) is 4.14. The standard InChI is InChI=1S/C13H10ClNO5S/c1-21(18,19)9-4-2-8(3-5-9)20-12-10(13(16)17)6-7-11(14)15-12/h2-7H,1H3,(H,16,17). The average Bonchev–Trinajstić information content (AvgIpc) is 2.38. The van der Waals surface area contributed by atoms with E-state index >= 15 is 0 Å². The Morgan fingerprint density at radius 1 is 1.19 bits per heavy atom. The fraction of sp³-hybridized carbons (Fsp3) is 0.0769. The summed E-state index contributed by atoms with van der Waals surface area (Å²) in [4.78, 5) is 15.0. The molecule has 2 rings (SSSR count). The van der Waals surface area contributed by atoms with E-state index in [9.17, 15) is 13.2 Å². The minimum absolute atomic E-state index is 0.0859. The number of nitrogens with zero attached hydrogens (tertiary/aromatic N) is 1. The number of sulfone groups is 1. The van der Waals surface area contributed by atoms with Crippen molar-refractivity contribution in [3.05, 3.63) is 47.1 Å². The molecule has 0 bridgehead atoms. The van der Waals surface area contributed by atoms with Gasteiger partial charge in [0.1, 0.15) is 16.5 Å². The molecule has 1 N–H and O–H groups in total. The van der Waals surface area contributed by atoms with Gasteiger partial charge in [-0.25, -0.2) is 18.2 Å². The third-order valence-electron chi connectivity index (χ3n) is 2.52. The van der Waals surface area contributed by atoms with Crippen LogP contribution in [0.5, 0.6) is 11.6 Å². The van der Waals surface area contributed by atoms with E-state index in [1.54, 1.807) is 0 Å². The molecule has 1 heterocycles. The molecule has 1 aromatic heterocycles. The fourth-order valence-corrected chi connectivity index (χ4v) is 2.30. The Labute approximate surface area is 125 Å². The predicted octanol–water partition coefficient (Wildman–Crippen LogP) is 2.63. The van der Waals surface area contributed by atoms with Crippen LogP contribution in [0.3, 0.4) is 0 Å². The number of rotatable bonds is 4. The van der Waals surface area contributed by atoms with Crippen LogP contribution in [-0.2, 0) is 9.84 Å². The van der Waals surface area contributed by atoms with Crippen molar-refractivity contribution in [3.8, 4) is 11.6 Å². The minimum atomic E-state index is -3.31. The third kappa shape index (κ3) is 3.71. The molecule has 0 unspecified atom stereocenters. The summed E-state index contributed by atoms with van der Waals surface area (Å²) in [6.07, 6.45) is 1.09. The number of pyridine rings is 1. The van der Waals surface area contributed by atoms with Crippen molar-refractivity contribution >= 4 is 27.4 Å². The van der Waals surface area contributed by atoms with Gasteiger partial charge in [0.05, 0.1) is 4.90 Å². The van der Waals surface area contributed by atoms with E-state index < -0.39 is 15.8 Å². The summed E-state index contributed by atoms with van der Waals surface area (Å²) < 4.78 is 28.0. The van der Waals surface area contributed by atoms with Gasteiger partial charge in [0.25, 0.3) is 0 Å². The monoisotopic (exact) mass is 327 g/mol.